The average molecular weight is 462 g/mol. The highest BCUT2D eigenvalue weighted by atomic mass is 79.9. The first-order valence-electron chi connectivity index (χ1n) is 9.36. The quantitative estimate of drug-likeness (QED) is 0.335. The number of para-hydroxylation sites is 1. The molecule has 0 aliphatic rings. The fourth-order valence-corrected chi connectivity index (χ4v) is 4.24. The smallest absolute Gasteiger partial charge is 0.354 e. The SMILES string of the molecule is NCCCCc1c(-c2ccc(Br)c3cccnc23)[nH]c2c(C(F)(F)F)cccc12. The van der Waals surface area contributed by atoms with Gasteiger partial charge in [-0.15, -0.1) is 0 Å². The molecular weight excluding hydrogens is 443 g/mol. The predicted molar refractivity (Wildman–Crippen MR) is 114 cm³/mol. The summed E-state index contributed by atoms with van der Waals surface area (Å²) >= 11 is 3.53. The van der Waals surface area contributed by atoms with Crippen molar-refractivity contribution in [1.29, 1.82) is 0 Å². The molecule has 0 unspecified atom stereocenters. The number of halogens is 4. The van der Waals surface area contributed by atoms with Gasteiger partial charge in [0, 0.05) is 27.0 Å². The first-order chi connectivity index (χ1) is 13.9. The van der Waals surface area contributed by atoms with Gasteiger partial charge in [-0.2, -0.15) is 13.2 Å². The van der Waals surface area contributed by atoms with Crippen molar-refractivity contribution in [3.05, 3.63) is 64.3 Å². The van der Waals surface area contributed by atoms with Gasteiger partial charge in [0.2, 0.25) is 0 Å². The number of hydrogen-bond acceptors (Lipinski definition) is 2. The van der Waals surface area contributed by atoms with Crippen LogP contribution in [0.5, 0.6) is 0 Å². The lowest BCUT2D eigenvalue weighted by molar-refractivity contribution is -0.136. The molecule has 0 aliphatic heterocycles. The Hall–Kier alpha value is -2.38. The third-order valence-corrected chi connectivity index (χ3v) is 5.80. The van der Waals surface area contributed by atoms with Gasteiger partial charge in [0.1, 0.15) is 0 Å². The zero-order valence-corrected chi connectivity index (χ0v) is 17.1. The van der Waals surface area contributed by atoms with E-state index < -0.39 is 11.7 Å². The number of benzene rings is 2. The molecule has 0 saturated carbocycles. The van der Waals surface area contributed by atoms with Crippen LogP contribution in [0.2, 0.25) is 0 Å². The number of H-pyrrole nitrogens is 1. The van der Waals surface area contributed by atoms with Crippen LogP contribution in [0.25, 0.3) is 33.1 Å². The third-order valence-electron chi connectivity index (χ3n) is 5.11. The van der Waals surface area contributed by atoms with E-state index in [-0.39, 0.29) is 5.52 Å². The van der Waals surface area contributed by atoms with Crippen LogP contribution in [0.4, 0.5) is 13.2 Å². The van der Waals surface area contributed by atoms with E-state index in [9.17, 15) is 13.2 Å². The van der Waals surface area contributed by atoms with E-state index in [2.05, 4.69) is 25.9 Å². The summed E-state index contributed by atoms with van der Waals surface area (Å²) < 4.78 is 41.7. The van der Waals surface area contributed by atoms with Gasteiger partial charge >= 0.3 is 6.18 Å². The molecule has 2 heterocycles. The minimum absolute atomic E-state index is 0.116. The third kappa shape index (κ3) is 3.65. The maximum absolute atomic E-state index is 13.6. The standard InChI is InChI=1S/C22H19BrF3N3/c23-18-10-9-16(19-15(18)7-4-12-28-19)20-13(5-1-2-11-27)14-6-3-8-17(21(14)29-20)22(24,25)26/h3-4,6-10,12,29H,1-2,5,11,27H2. The summed E-state index contributed by atoms with van der Waals surface area (Å²) in [7, 11) is 0. The van der Waals surface area contributed by atoms with E-state index in [0.29, 0.717) is 24.0 Å². The molecule has 0 atom stereocenters. The minimum Gasteiger partial charge on any atom is -0.354 e. The average Bonchev–Trinajstić information content (AvgIpc) is 3.06. The predicted octanol–water partition coefficient (Wildman–Crippen LogP) is 6.45. The molecule has 4 aromatic rings. The van der Waals surface area contributed by atoms with Crippen molar-refractivity contribution >= 4 is 37.7 Å². The maximum atomic E-state index is 13.6. The summed E-state index contributed by atoms with van der Waals surface area (Å²) in [5.41, 5.74) is 8.17. The Morgan fingerprint density at radius 2 is 1.79 bits per heavy atom. The summed E-state index contributed by atoms with van der Waals surface area (Å²) in [6.07, 6.45) is -0.496. The Bertz CT molecular complexity index is 1180. The summed E-state index contributed by atoms with van der Waals surface area (Å²) in [4.78, 5) is 7.59. The van der Waals surface area contributed by atoms with E-state index in [0.717, 1.165) is 45.4 Å². The van der Waals surface area contributed by atoms with E-state index in [1.54, 1.807) is 12.3 Å². The number of rotatable bonds is 5. The zero-order valence-electron chi connectivity index (χ0n) is 15.5. The summed E-state index contributed by atoms with van der Waals surface area (Å²) in [5.74, 6) is 0. The number of hydrogen-bond donors (Lipinski definition) is 2. The second-order valence-corrected chi connectivity index (χ2v) is 7.80. The van der Waals surface area contributed by atoms with Crippen molar-refractivity contribution in [2.75, 3.05) is 6.54 Å². The van der Waals surface area contributed by atoms with Crippen LogP contribution in [-0.2, 0) is 12.6 Å². The summed E-state index contributed by atoms with van der Waals surface area (Å²) in [6.45, 7) is 0.550. The van der Waals surface area contributed by atoms with Gasteiger partial charge in [0.05, 0.1) is 22.3 Å². The molecule has 0 bridgehead atoms. The largest absolute Gasteiger partial charge is 0.418 e. The minimum atomic E-state index is -4.43. The molecule has 0 spiro atoms. The lowest BCUT2D eigenvalue weighted by Gasteiger charge is -2.09. The first kappa shape index (κ1) is 19.9. The molecule has 0 amide bonds. The van der Waals surface area contributed by atoms with Gasteiger partial charge in [0.25, 0.3) is 0 Å². The van der Waals surface area contributed by atoms with Crippen molar-refractivity contribution in [2.45, 2.75) is 25.4 Å². The molecule has 0 radical (unpaired) electrons. The molecule has 29 heavy (non-hydrogen) atoms. The molecule has 0 saturated heterocycles. The van der Waals surface area contributed by atoms with E-state index >= 15 is 0 Å². The van der Waals surface area contributed by atoms with Crippen LogP contribution in [0, 0.1) is 0 Å². The zero-order chi connectivity index (χ0) is 20.6. The van der Waals surface area contributed by atoms with Gasteiger partial charge in [-0.25, -0.2) is 0 Å². The van der Waals surface area contributed by atoms with E-state index in [4.69, 9.17) is 5.73 Å². The summed E-state index contributed by atoms with van der Waals surface area (Å²) in [5, 5.41) is 1.51. The van der Waals surface area contributed by atoms with Crippen molar-refractivity contribution in [2.24, 2.45) is 5.73 Å². The van der Waals surface area contributed by atoms with E-state index in [1.165, 1.54) is 6.07 Å². The molecule has 7 heteroatoms. The Morgan fingerprint density at radius 3 is 2.55 bits per heavy atom. The van der Waals surface area contributed by atoms with Crippen molar-refractivity contribution in [3.63, 3.8) is 0 Å². The lowest BCUT2D eigenvalue weighted by Crippen LogP contribution is -2.05. The normalized spacial score (nSPS) is 12.2. The molecule has 2 aromatic carbocycles. The lowest BCUT2D eigenvalue weighted by atomic mass is 9.98. The molecule has 0 fully saturated rings. The highest BCUT2D eigenvalue weighted by molar-refractivity contribution is 9.10. The monoisotopic (exact) mass is 461 g/mol. The fourth-order valence-electron chi connectivity index (χ4n) is 3.79. The first-order valence-corrected chi connectivity index (χ1v) is 10.2. The number of aromatic nitrogens is 2. The van der Waals surface area contributed by atoms with Crippen LogP contribution in [0.3, 0.4) is 0 Å². The summed E-state index contributed by atoms with van der Waals surface area (Å²) in [6, 6.07) is 11.9. The van der Waals surface area contributed by atoms with Crippen LogP contribution in [0.1, 0.15) is 24.0 Å². The Labute approximate surface area is 174 Å². The Balaban J connectivity index is 2.01. The van der Waals surface area contributed by atoms with Crippen molar-refractivity contribution in [3.8, 4) is 11.3 Å². The number of alkyl halides is 3. The number of nitrogens with one attached hydrogen (secondary N) is 1. The van der Waals surface area contributed by atoms with Crippen LogP contribution in [0.15, 0.2) is 53.1 Å². The van der Waals surface area contributed by atoms with Gasteiger partial charge in [-0.1, -0.05) is 34.1 Å². The van der Waals surface area contributed by atoms with Crippen molar-refractivity contribution < 1.29 is 13.2 Å². The van der Waals surface area contributed by atoms with Crippen molar-refractivity contribution in [1.82, 2.24) is 9.97 Å². The van der Waals surface area contributed by atoms with Crippen LogP contribution in [-0.4, -0.2) is 16.5 Å². The molecule has 3 N–H and O–H groups in total. The number of pyridine rings is 1. The Morgan fingerprint density at radius 1 is 1.00 bits per heavy atom. The number of fused-ring (bicyclic) bond motifs is 2. The van der Waals surface area contributed by atoms with E-state index in [1.807, 2.05) is 24.3 Å². The molecule has 0 aliphatic carbocycles. The molecule has 3 nitrogen and oxygen atoms in total. The highest BCUT2D eigenvalue weighted by Gasteiger charge is 2.34. The maximum Gasteiger partial charge on any atom is 0.418 e. The van der Waals surface area contributed by atoms with Crippen LogP contribution >= 0.6 is 15.9 Å². The van der Waals surface area contributed by atoms with Gasteiger partial charge in [-0.05, 0) is 55.6 Å². The molecular formula is C22H19BrF3N3. The van der Waals surface area contributed by atoms with Crippen LogP contribution < -0.4 is 5.73 Å². The van der Waals surface area contributed by atoms with Gasteiger partial charge in [-0.3, -0.25) is 4.98 Å². The van der Waals surface area contributed by atoms with Gasteiger partial charge in [0.15, 0.2) is 0 Å². The molecule has 2 aromatic heterocycles. The number of nitrogens with zero attached hydrogens (tertiary/aromatic N) is 1. The Kier molecular flexibility index (Phi) is 5.36. The number of nitrogens with two attached hydrogens (primary N) is 1. The van der Waals surface area contributed by atoms with Gasteiger partial charge < -0.3 is 10.7 Å². The topological polar surface area (TPSA) is 54.7 Å². The number of unbranched alkanes of at least 4 members (excludes halogenated alkanes) is 1. The second-order valence-electron chi connectivity index (χ2n) is 6.94. The fraction of sp³-hybridized carbons (Fsp3) is 0.227. The number of aromatic amines is 1. The number of aryl methyl sites for hydroxylation is 1. The molecule has 150 valence electrons. The molecule has 4 rings (SSSR count). The highest BCUT2D eigenvalue weighted by Crippen LogP contribution is 2.41. The second kappa shape index (κ2) is 7.80.